The molecule has 126 valence electrons. The Morgan fingerprint density at radius 1 is 1.08 bits per heavy atom. The third-order valence-corrected chi connectivity index (χ3v) is 5.54. The number of para-hydroxylation sites is 1. The largest absolute Gasteiger partial charge is 0.334 e. The number of carbonyl (C=O) groups excluding carboxylic acids is 1. The number of likely N-dealkylation sites (N-methyl/N-ethyl adjacent to an activating group) is 1. The fraction of sp³-hybridized carbons (Fsp3) is 0.474. The highest BCUT2D eigenvalue weighted by Crippen LogP contribution is 2.29. The van der Waals surface area contributed by atoms with E-state index in [1.807, 2.05) is 29.2 Å². The Morgan fingerprint density at radius 3 is 2.71 bits per heavy atom. The summed E-state index contributed by atoms with van der Waals surface area (Å²) in [5, 5.41) is 0.859. The Labute approximate surface area is 141 Å². The number of hydrogen-bond donors (Lipinski definition) is 0. The lowest BCUT2D eigenvalue weighted by Gasteiger charge is -2.36. The summed E-state index contributed by atoms with van der Waals surface area (Å²) < 4.78 is 1.61. The molecule has 3 fully saturated rings. The average molecular weight is 325 g/mol. The van der Waals surface area contributed by atoms with Crippen LogP contribution in [0.3, 0.4) is 0 Å². The zero-order chi connectivity index (χ0) is 16.8. The van der Waals surface area contributed by atoms with Crippen molar-refractivity contribution in [1.82, 2.24) is 14.4 Å². The topological polar surface area (TPSA) is 45.6 Å². The minimum atomic E-state index is -0.130. The van der Waals surface area contributed by atoms with E-state index in [0.717, 1.165) is 37.0 Å². The van der Waals surface area contributed by atoms with Gasteiger partial charge >= 0.3 is 0 Å². The van der Waals surface area contributed by atoms with Crippen molar-refractivity contribution in [2.45, 2.75) is 18.9 Å². The van der Waals surface area contributed by atoms with Crippen molar-refractivity contribution < 1.29 is 4.79 Å². The molecule has 5 rings (SSSR count). The van der Waals surface area contributed by atoms with Crippen molar-refractivity contribution in [2.75, 3.05) is 26.7 Å². The lowest BCUT2D eigenvalue weighted by molar-refractivity contribution is 0.0589. The van der Waals surface area contributed by atoms with Gasteiger partial charge < -0.3 is 14.4 Å². The summed E-state index contributed by atoms with van der Waals surface area (Å²) in [7, 11) is 3.88. The lowest BCUT2D eigenvalue weighted by Crippen LogP contribution is -2.47. The van der Waals surface area contributed by atoms with Crippen LogP contribution < -0.4 is 5.56 Å². The van der Waals surface area contributed by atoms with E-state index in [1.165, 1.54) is 12.5 Å². The number of hydrogen-bond acceptors (Lipinski definition) is 3. The van der Waals surface area contributed by atoms with Gasteiger partial charge in [0.25, 0.3) is 11.5 Å². The number of fused-ring (bicyclic) bond motifs is 5. The third-order valence-electron chi connectivity index (χ3n) is 5.54. The number of amides is 1. The highest BCUT2D eigenvalue weighted by molar-refractivity contribution is 6.06. The predicted octanol–water partition coefficient (Wildman–Crippen LogP) is 1.70. The first kappa shape index (κ1) is 15.4. The van der Waals surface area contributed by atoms with Gasteiger partial charge in [0.1, 0.15) is 0 Å². The molecule has 0 unspecified atom stereocenters. The van der Waals surface area contributed by atoms with Crippen LogP contribution >= 0.6 is 0 Å². The van der Waals surface area contributed by atoms with Gasteiger partial charge in [0.15, 0.2) is 0 Å². The standard InChI is InChI=1S/C19H23N3O2/c1-20-10-13-7-8-14(12-20)22(11-13)19(24)16-9-18(23)21(2)17-6-4-3-5-15(16)17/h3-6,9,13-14H,7-8,10-12H2,1-2H3/t13-,14+/m1/s1. The number of piperidine rings is 1. The number of carbonyl (C=O) groups is 1. The van der Waals surface area contributed by atoms with E-state index >= 15 is 0 Å². The molecule has 2 bridgehead atoms. The molecular formula is C19H23N3O2. The third kappa shape index (κ3) is 2.44. The summed E-state index contributed by atoms with van der Waals surface area (Å²) in [6.07, 6.45) is 2.25. The number of nitrogens with zero attached hydrogens (tertiary/aromatic N) is 3. The Bertz CT molecular complexity index is 857. The first-order chi connectivity index (χ1) is 11.5. The molecule has 3 aliphatic rings. The Morgan fingerprint density at radius 2 is 1.88 bits per heavy atom. The predicted molar refractivity (Wildman–Crippen MR) is 94.2 cm³/mol. The summed E-state index contributed by atoms with van der Waals surface area (Å²) in [5.41, 5.74) is 1.23. The molecule has 2 atom stereocenters. The van der Waals surface area contributed by atoms with Crippen molar-refractivity contribution in [1.29, 1.82) is 0 Å². The Hall–Kier alpha value is -2.14. The second kappa shape index (κ2) is 5.74. The van der Waals surface area contributed by atoms with Gasteiger partial charge in [0, 0.05) is 44.2 Å². The second-order valence-corrected chi connectivity index (χ2v) is 7.25. The normalized spacial score (nSPS) is 24.3. The molecule has 4 heterocycles. The van der Waals surface area contributed by atoms with Crippen molar-refractivity contribution in [3.8, 4) is 0 Å². The van der Waals surface area contributed by atoms with Crippen LogP contribution in [-0.4, -0.2) is 53.0 Å². The molecule has 1 aromatic carbocycles. The van der Waals surface area contributed by atoms with Crippen molar-refractivity contribution in [2.24, 2.45) is 13.0 Å². The highest BCUT2D eigenvalue weighted by atomic mass is 16.2. The fourth-order valence-electron chi connectivity index (χ4n) is 4.31. The summed E-state index contributed by atoms with van der Waals surface area (Å²) in [6.45, 7) is 2.78. The van der Waals surface area contributed by atoms with Crippen LogP contribution in [0.4, 0.5) is 0 Å². The highest BCUT2D eigenvalue weighted by Gasteiger charge is 2.36. The maximum Gasteiger partial charge on any atom is 0.255 e. The number of aryl methyl sites for hydroxylation is 1. The SMILES string of the molecule is CN1C[C@H]2CC[C@@H](C1)N(C(=O)c1cc(=O)n(C)c3ccccc13)C2. The van der Waals surface area contributed by atoms with Gasteiger partial charge in [0.2, 0.25) is 0 Å². The average Bonchev–Trinajstić information content (AvgIpc) is 2.86. The zero-order valence-corrected chi connectivity index (χ0v) is 14.2. The summed E-state index contributed by atoms with van der Waals surface area (Å²) in [6, 6.07) is 9.42. The molecular weight excluding hydrogens is 302 g/mol. The van der Waals surface area contributed by atoms with Gasteiger partial charge in [-0.05, 0) is 31.9 Å². The number of benzene rings is 1. The van der Waals surface area contributed by atoms with Gasteiger partial charge in [-0.2, -0.15) is 0 Å². The van der Waals surface area contributed by atoms with E-state index in [4.69, 9.17) is 0 Å². The van der Waals surface area contributed by atoms with Crippen molar-refractivity contribution in [3.63, 3.8) is 0 Å². The number of pyridine rings is 1. The minimum Gasteiger partial charge on any atom is -0.334 e. The van der Waals surface area contributed by atoms with E-state index in [1.54, 1.807) is 11.6 Å². The first-order valence-corrected chi connectivity index (χ1v) is 8.63. The summed E-state index contributed by atoms with van der Waals surface area (Å²) in [5.74, 6) is 0.546. The van der Waals surface area contributed by atoms with Gasteiger partial charge in [-0.15, -0.1) is 0 Å². The fourth-order valence-corrected chi connectivity index (χ4v) is 4.31. The summed E-state index contributed by atoms with van der Waals surface area (Å²) in [4.78, 5) is 29.9. The van der Waals surface area contributed by atoms with Gasteiger partial charge in [-0.1, -0.05) is 18.2 Å². The molecule has 2 aromatic rings. The van der Waals surface area contributed by atoms with Gasteiger partial charge in [0.05, 0.1) is 11.1 Å². The Kier molecular flexibility index (Phi) is 3.68. The Balaban J connectivity index is 1.79. The van der Waals surface area contributed by atoms with E-state index < -0.39 is 0 Å². The van der Waals surface area contributed by atoms with Crippen LogP contribution in [0.2, 0.25) is 0 Å². The van der Waals surface area contributed by atoms with Crippen LogP contribution in [0.1, 0.15) is 23.2 Å². The van der Waals surface area contributed by atoms with Gasteiger partial charge in [-0.25, -0.2) is 0 Å². The molecule has 0 spiro atoms. The zero-order valence-electron chi connectivity index (χ0n) is 14.2. The van der Waals surface area contributed by atoms with Crippen LogP contribution in [0.5, 0.6) is 0 Å². The number of rotatable bonds is 1. The monoisotopic (exact) mass is 325 g/mol. The first-order valence-electron chi connectivity index (χ1n) is 8.63. The van der Waals surface area contributed by atoms with E-state index in [2.05, 4.69) is 11.9 Å². The second-order valence-electron chi connectivity index (χ2n) is 7.25. The maximum absolute atomic E-state index is 13.3. The molecule has 3 aliphatic heterocycles. The molecule has 5 nitrogen and oxygen atoms in total. The molecule has 0 radical (unpaired) electrons. The molecule has 1 aromatic heterocycles. The minimum absolute atomic E-state index is 0.00824. The van der Waals surface area contributed by atoms with Crippen molar-refractivity contribution >= 4 is 16.8 Å². The maximum atomic E-state index is 13.3. The molecule has 0 saturated carbocycles. The van der Waals surface area contributed by atoms with E-state index in [-0.39, 0.29) is 17.5 Å². The van der Waals surface area contributed by atoms with Gasteiger partial charge in [-0.3, -0.25) is 9.59 Å². The van der Waals surface area contributed by atoms with Crippen LogP contribution in [0.25, 0.3) is 10.9 Å². The van der Waals surface area contributed by atoms with E-state index in [0.29, 0.717) is 11.5 Å². The molecule has 5 heteroatoms. The summed E-state index contributed by atoms with van der Waals surface area (Å²) >= 11 is 0. The van der Waals surface area contributed by atoms with Crippen LogP contribution in [-0.2, 0) is 7.05 Å². The van der Waals surface area contributed by atoms with Crippen LogP contribution in [0, 0.1) is 5.92 Å². The quantitative estimate of drug-likeness (QED) is 0.802. The van der Waals surface area contributed by atoms with Crippen molar-refractivity contribution in [3.05, 3.63) is 46.2 Å². The van der Waals surface area contributed by atoms with E-state index in [9.17, 15) is 9.59 Å². The lowest BCUT2D eigenvalue weighted by atomic mass is 9.94. The molecule has 0 N–H and O–H groups in total. The smallest absolute Gasteiger partial charge is 0.255 e. The molecule has 0 aliphatic carbocycles. The molecule has 1 amide bonds. The number of aromatic nitrogens is 1. The molecule has 24 heavy (non-hydrogen) atoms. The molecule has 3 saturated heterocycles. The van der Waals surface area contributed by atoms with Crippen LogP contribution in [0.15, 0.2) is 35.1 Å².